The maximum atomic E-state index is 12.9. The zero-order valence-corrected chi connectivity index (χ0v) is 13.9. The average molecular weight is 343 g/mol. The fraction of sp³-hybridized carbons (Fsp3) is 0.500. The summed E-state index contributed by atoms with van der Waals surface area (Å²) < 4.78 is 5.70. The van der Waals surface area contributed by atoms with Crippen LogP contribution in [0.1, 0.15) is 29.6 Å². The Morgan fingerprint density at radius 2 is 2.04 bits per heavy atom. The third kappa shape index (κ3) is 2.89. The summed E-state index contributed by atoms with van der Waals surface area (Å²) in [7, 11) is 0. The summed E-state index contributed by atoms with van der Waals surface area (Å²) in [5.74, 6) is -0.982. The van der Waals surface area contributed by atoms with Crippen molar-refractivity contribution >= 4 is 22.8 Å². The second-order valence-electron chi connectivity index (χ2n) is 6.84. The van der Waals surface area contributed by atoms with Crippen molar-refractivity contribution in [3.8, 4) is 0 Å². The smallest absolute Gasteiger partial charge is 0.309 e. The van der Waals surface area contributed by atoms with Gasteiger partial charge in [-0.05, 0) is 31.2 Å². The van der Waals surface area contributed by atoms with Gasteiger partial charge in [0.1, 0.15) is 0 Å². The predicted octanol–water partition coefficient (Wildman–Crippen LogP) is 1.90. The normalized spacial score (nSPS) is 24.7. The van der Waals surface area contributed by atoms with E-state index >= 15 is 0 Å². The molecular weight excluding hydrogens is 322 g/mol. The van der Waals surface area contributed by atoms with E-state index in [4.69, 9.17) is 4.74 Å². The molecule has 2 aliphatic heterocycles. The fourth-order valence-electron chi connectivity index (χ4n) is 4.09. The number of rotatable bonds is 3. The Hall–Kier alpha value is -2.41. The lowest BCUT2D eigenvalue weighted by Gasteiger charge is -2.35. The van der Waals surface area contributed by atoms with E-state index in [-0.39, 0.29) is 17.9 Å². The summed E-state index contributed by atoms with van der Waals surface area (Å²) in [6, 6.07) is 5.60. The van der Waals surface area contributed by atoms with Crippen molar-refractivity contribution in [1.29, 1.82) is 0 Å². The number of ether oxygens (including phenoxy) is 1. The molecule has 4 rings (SSSR count). The predicted molar refractivity (Wildman–Crippen MR) is 90.2 cm³/mol. The zero-order chi connectivity index (χ0) is 17.4. The standard InChI is InChI=1S/C18H21N3O4/c22-17(13-3-1-2-12-10-19-20-15(12)13)21-7-4-11(5-8-21)16-14(18(23)24)6-9-25-16/h1-3,10-11,14,16H,4-9H2,(H,19,20)(H,23,24)/t14?,16-/m0/s1. The Labute approximate surface area is 145 Å². The number of benzene rings is 1. The molecule has 0 spiro atoms. The zero-order valence-electron chi connectivity index (χ0n) is 13.9. The highest BCUT2D eigenvalue weighted by molar-refractivity contribution is 6.05. The lowest BCUT2D eigenvalue weighted by atomic mass is 9.84. The van der Waals surface area contributed by atoms with Gasteiger partial charge in [0.2, 0.25) is 0 Å². The molecule has 2 atom stereocenters. The summed E-state index contributed by atoms with van der Waals surface area (Å²) in [5, 5.41) is 17.2. The third-order valence-electron chi connectivity index (χ3n) is 5.45. The largest absolute Gasteiger partial charge is 0.481 e. The van der Waals surface area contributed by atoms with Crippen LogP contribution in [0.25, 0.3) is 10.9 Å². The van der Waals surface area contributed by atoms with E-state index in [1.165, 1.54) is 0 Å². The number of H-pyrrole nitrogens is 1. The molecule has 0 aliphatic carbocycles. The van der Waals surface area contributed by atoms with E-state index in [9.17, 15) is 14.7 Å². The van der Waals surface area contributed by atoms with Crippen molar-refractivity contribution in [3.05, 3.63) is 30.0 Å². The van der Waals surface area contributed by atoms with Crippen LogP contribution in [0.4, 0.5) is 0 Å². The highest BCUT2D eigenvalue weighted by Gasteiger charge is 2.40. The van der Waals surface area contributed by atoms with E-state index in [2.05, 4.69) is 10.2 Å². The minimum atomic E-state index is -0.771. The molecular formula is C18H21N3O4. The van der Waals surface area contributed by atoms with Crippen LogP contribution < -0.4 is 0 Å². The Balaban J connectivity index is 1.44. The Morgan fingerprint density at radius 3 is 2.80 bits per heavy atom. The number of aromatic nitrogens is 2. The first-order chi connectivity index (χ1) is 12.1. The number of carboxylic acids is 1. The molecule has 0 saturated carbocycles. The molecule has 2 fully saturated rings. The summed E-state index contributed by atoms with van der Waals surface area (Å²) >= 11 is 0. The molecule has 1 amide bonds. The van der Waals surface area contributed by atoms with Crippen LogP contribution in [0.2, 0.25) is 0 Å². The van der Waals surface area contributed by atoms with Gasteiger partial charge in [0.15, 0.2) is 0 Å². The van der Waals surface area contributed by atoms with Crippen molar-refractivity contribution in [2.45, 2.75) is 25.4 Å². The average Bonchev–Trinajstić information content (AvgIpc) is 3.30. The number of amides is 1. The maximum Gasteiger partial charge on any atom is 0.309 e. The number of carboxylic acid groups (broad SMARTS) is 1. The van der Waals surface area contributed by atoms with Crippen molar-refractivity contribution in [1.82, 2.24) is 15.1 Å². The molecule has 2 saturated heterocycles. The number of aromatic amines is 1. The molecule has 25 heavy (non-hydrogen) atoms. The molecule has 2 N–H and O–H groups in total. The number of piperidine rings is 1. The number of aliphatic carboxylic acids is 1. The van der Waals surface area contributed by atoms with E-state index in [1.807, 2.05) is 23.1 Å². The van der Waals surface area contributed by atoms with Crippen LogP contribution in [-0.2, 0) is 9.53 Å². The van der Waals surface area contributed by atoms with Crippen LogP contribution in [0.5, 0.6) is 0 Å². The van der Waals surface area contributed by atoms with Crippen LogP contribution in [0.15, 0.2) is 24.4 Å². The van der Waals surface area contributed by atoms with Crippen molar-refractivity contribution in [2.75, 3.05) is 19.7 Å². The SMILES string of the molecule is O=C(O)C1CCO[C@H]1C1CCN(C(=O)c2cccc3cn[nH]c23)CC1. The number of carbonyl (C=O) groups is 2. The van der Waals surface area contributed by atoms with Gasteiger partial charge in [-0.25, -0.2) is 0 Å². The Kier molecular flexibility index (Phi) is 4.17. The van der Waals surface area contributed by atoms with Gasteiger partial charge in [-0.2, -0.15) is 5.10 Å². The molecule has 2 aliphatic rings. The number of para-hydroxylation sites is 1. The van der Waals surface area contributed by atoms with Crippen LogP contribution in [0, 0.1) is 11.8 Å². The molecule has 3 heterocycles. The van der Waals surface area contributed by atoms with E-state index in [0.29, 0.717) is 31.7 Å². The van der Waals surface area contributed by atoms with Crippen molar-refractivity contribution in [3.63, 3.8) is 0 Å². The van der Waals surface area contributed by atoms with Gasteiger partial charge in [0, 0.05) is 25.1 Å². The highest BCUT2D eigenvalue weighted by atomic mass is 16.5. The number of nitrogens with one attached hydrogen (secondary N) is 1. The van der Waals surface area contributed by atoms with E-state index in [1.54, 1.807) is 6.20 Å². The molecule has 1 aromatic heterocycles. The first-order valence-electron chi connectivity index (χ1n) is 8.71. The lowest BCUT2D eigenvalue weighted by molar-refractivity contribution is -0.145. The molecule has 132 valence electrons. The van der Waals surface area contributed by atoms with Gasteiger partial charge in [0.05, 0.1) is 29.3 Å². The van der Waals surface area contributed by atoms with Crippen molar-refractivity contribution in [2.24, 2.45) is 11.8 Å². The van der Waals surface area contributed by atoms with E-state index < -0.39 is 11.9 Å². The molecule has 7 nitrogen and oxygen atoms in total. The maximum absolute atomic E-state index is 12.9. The van der Waals surface area contributed by atoms with Gasteiger partial charge >= 0.3 is 5.97 Å². The van der Waals surface area contributed by atoms with Gasteiger partial charge < -0.3 is 14.7 Å². The minimum absolute atomic E-state index is 0.00424. The van der Waals surface area contributed by atoms with Crippen LogP contribution in [0.3, 0.4) is 0 Å². The summed E-state index contributed by atoms with van der Waals surface area (Å²) in [4.78, 5) is 26.1. The Morgan fingerprint density at radius 1 is 1.24 bits per heavy atom. The molecule has 2 aromatic rings. The minimum Gasteiger partial charge on any atom is -0.481 e. The molecule has 1 unspecified atom stereocenters. The van der Waals surface area contributed by atoms with Gasteiger partial charge in [-0.1, -0.05) is 12.1 Å². The summed E-state index contributed by atoms with van der Waals surface area (Å²) in [6.07, 6.45) is 3.63. The lowest BCUT2D eigenvalue weighted by Crippen LogP contribution is -2.43. The highest BCUT2D eigenvalue weighted by Crippen LogP contribution is 2.33. The number of hydrogen-bond acceptors (Lipinski definition) is 4. The molecule has 0 radical (unpaired) electrons. The monoisotopic (exact) mass is 343 g/mol. The Bertz CT molecular complexity index is 794. The summed E-state index contributed by atoms with van der Waals surface area (Å²) in [6.45, 7) is 1.77. The second kappa shape index (κ2) is 6.48. The number of fused-ring (bicyclic) bond motifs is 1. The number of likely N-dealkylation sites (tertiary alicyclic amines) is 1. The fourth-order valence-corrected chi connectivity index (χ4v) is 4.09. The third-order valence-corrected chi connectivity index (χ3v) is 5.45. The molecule has 0 bridgehead atoms. The summed E-state index contributed by atoms with van der Waals surface area (Å²) in [5.41, 5.74) is 1.40. The first kappa shape index (κ1) is 16.1. The quantitative estimate of drug-likeness (QED) is 0.887. The van der Waals surface area contributed by atoms with Gasteiger partial charge in [0.25, 0.3) is 5.91 Å². The van der Waals surface area contributed by atoms with Gasteiger partial charge in [-0.15, -0.1) is 0 Å². The number of nitrogens with zero attached hydrogens (tertiary/aromatic N) is 2. The van der Waals surface area contributed by atoms with Crippen LogP contribution in [-0.4, -0.2) is 57.9 Å². The topological polar surface area (TPSA) is 95.5 Å². The number of hydrogen-bond donors (Lipinski definition) is 2. The first-order valence-corrected chi connectivity index (χ1v) is 8.71. The molecule has 1 aromatic carbocycles. The van der Waals surface area contributed by atoms with Crippen LogP contribution >= 0.6 is 0 Å². The van der Waals surface area contributed by atoms with Gasteiger partial charge in [-0.3, -0.25) is 14.7 Å². The second-order valence-corrected chi connectivity index (χ2v) is 6.84. The van der Waals surface area contributed by atoms with Crippen molar-refractivity contribution < 1.29 is 19.4 Å². The van der Waals surface area contributed by atoms with E-state index in [0.717, 1.165) is 23.7 Å². The molecule has 7 heteroatoms. The number of carbonyl (C=O) groups excluding carboxylic acids is 1.